The van der Waals surface area contributed by atoms with Crippen molar-refractivity contribution in [2.45, 2.75) is 27.7 Å². The lowest BCUT2D eigenvalue weighted by molar-refractivity contribution is -0.385. The van der Waals surface area contributed by atoms with Crippen molar-refractivity contribution in [2.75, 3.05) is 0 Å². The van der Waals surface area contributed by atoms with E-state index in [4.69, 9.17) is 5.11 Å². The molecule has 0 saturated carbocycles. The fourth-order valence-corrected chi connectivity index (χ4v) is 0.814. The maximum absolute atomic E-state index is 10.4. The number of carboxylic acids is 1. The van der Waals surface area contributed by atoms with E-state index in [1.165, 1.54) is 18.2 Å². The summed E-state index contributed by atoms with van der Waals surface area (Å²) in [7, 11) is 0. The number of hydrogen-bond acceptors (Lipinski definition) is 3. The molecule has 0 saturated heterocycles. The summed E-state index contributed by atoms with van der Waals surface area (Å²) in [6, 6.07) is 5.21. The molecule has 0 spiro atoms. The summed E-state index contributed by atoms with van der Waals surface area (Å²) < 4.78 is 0. The average molecular weight is 227 g/mol. The van der Waals surface area contributed by atoms with E-state index < -0.39 is 10.9 Å². The van der Waals surface area contributed by atoms with E-state index in [0.29, 0.717) is 0 Å². The Hall–Kier alpha value is -1.91. The Morgan fingerprint density at radius 2 is 1.62 bits per heavy atom. The van der Waals surface area contributed by atoms with Gasteiger partial charge in [-0.3, -0.25) is 10.1 Å². The third-order valence-electron chi connectivity index (χ3n) is 1.33. The van der Waals surface area contributed by atoms with Crippen molar-refractivity contribution in [1.82, 2.24) is 0 Å². The highest BCUT2D eigenvalue weighted by atomic mass is 16.6. The molecule has 5 nitrogen and oxygen atoms in total. The van der Waals surface area contributed by atoms with Gasteiger partial charge in [0.15, 0.2) is 0 Å². The maximum Gasteiger partial charge on any atom is 0.342 e. The zero-order valence-electron chi connectivity index (χ0n) is 9.93. The fourth-order valence-electron chi connectivity index (χ4n) is 0.814. The molecule has 0 heterocycles. The lowest BCUT2D eigenvalue weighted by Crippen LogP contribution is -2.01. The quantitative estimate of drug-likeness (QED) is 0.620. The number of aromatic carboxylic acids is 1. The number of nitrogens with zero attached hydrogens (tertiary/aromatic N) is 1. The van der Waals surface area contributed by atoms with E-state index in [9.17, 15) is 14.9 Å². The predicted octanol–water partition coefficient (Wildman–Crippen LogP) is 3.35. The maximum atomic E-state index is 10.4. The summed E-state index contributed by atoms with van der Waals surface area (Å²) in [6.45, 7) is 8.00. The molecule has 1 N–H and O–H groups in total. The van der Waals surface area contributed by atoms with Crippen LogP contribution in [-0.4, -0.2) is 16.0 Å². The van der Waals surface area contributed by atoms with Crippen LogP contribution < -0.4 is 0 Å². The lowest BCUT2D eigenvalue weighted by atomic mass is 10.2. The summed E-state index contributed by atoms with van der Waals surface area (Å²) in [5.41, 5.74) is -0.674. The first-order valence-corrected chi connectivity index (χ1v) is 5.09. The highest BCUT2D eigenvalue weighted by molar-refractivity contribution is 5.92. The van der Waals surface area contributed by atoms with E-state index >= 15 is 0 Å². The van der Waals surface area contributed by atoms with Crippen molar-refractivity contribution in [3.05, 3.63) is 39.9 Å². The summed E-state index contributed by atoms with van der Waals surface area (Å²) in [6.07, 6.45) is 0. The molecule has 0 fully saturated rings. The topological polar surface area (TPSA) is 80.4 Å². The predicted molar refractivity (Wildman–Crippen MR) is 62.8 cm³/mol. The SMILES string of the molecule is CC.CC.O=C(O)c1ccccc1[N+](=O)[O-]. The smallest absolute Gasteiger partial charge is 0.342 e. The Morgan fingerprint density at radius 1 is 1.19 bits per heavy atom. The van der Waals surface area contributed by atoms with Gasteiger partial charge >= 0.3 is 5.97 Å². The largest absolute Gasteiger partial charge is 0.477 e. The number of rotatable bonds is 2. The van der Waals surface area contributed by atoms with E-state index in [-0.39, 0.29) is 11.3 Å². The molecule has 0 aromatic heterocycles. The molecule has 1 aromatic carbocycles. The molecular formula is C11H17NO4. The van der Waals surface area contributed by atoms with Crippen LogP contribution in [0.1, 0.15) is 38.1 Å². The fraction of sp³-hybridized carbons (Fsp3) is 0.364. The van der Waals surface area contributed by atoms with Crippen LogP contribution in [0.4, 0.5) is 5.69 Å². The van der Waals surface area contributed by atoms with Gasteiger partial charge in [0.1, 0.15) is 5.56 Å². The second kappa shape index (κ2) is 9.64. The van der Waals surface area contributed by atoms with Crippen LogP contribution in [0, 0.1) is 10.1 Å². The molecule has 0 aliphatic heterocycles. The van der Waals surface area contributed by atoms with Gasteiger partial charge in [0.05, 0.1) is 4.92 Å². The minimum atomic E-state index is -1.29. The first kappa shape index (κ1) is 16.5. The molecule has 16 heavy (non-hydrogen) atoms. The zero-order valence-corrected chi connectivity index (χ0v) is 9.93. The Kier molecular flexibility index (Phi) is 9.95. The van der Waals surface area contributed by atoms with Gasteiger partial charge in [0.2, 0.25) is 0 Å². The number of hydrogen-bond donors (Lipinski definition) is 1. The van der Waals surface area contributed by atoms with Crippen molar-refractivity contribution >= 4 is 11.7 Å². The van der Waals surface area contributed by atoms with Gasteiger partial charge in [-0.2, -0.15) is 0 Å². The molecule has 0 unspecified atom stereocenters. The molecule has 0 radical (unpaired) electrons. The summed E-state index contributed by atoms with van der Waals surface area (Å²) in [5.74, 6) is -1.29. The highest BCUT2D eigenvalue weighted by Crippen LogP contribution is 2.16. The van der Waals surface area contributed by atoms with E-state index in [2.05, 4.69) is 0 Å². The number of carbonyl (C=O) groups is 1. The van der Waals surface area contributed by atoms with Gasteiger partial charge in [-0.1, -0.05) is 39.8 Å². The summed E-state index contributed by atoms with van der Waals surface area (Å²) >= 11 is 0. The Labute approximate surface area is 94.9 Å². The normalized spacial score (nSPS) is 7.75. The molecular weight excluding hydrogens is 210 g/mol. The van der Waals surface area contributed by atoms with Crippen LogP contribution >= 0.6 is 0 Å². The van der Waals surface area contributed by atoms with Crippen molar-refractivity contribution < 1.29 is 14.8 Å². The van der Waals surface area contributed by atoms with Crippen LogP contribution in [0.15, 0.2) is 24.3 Å². The van der Waals surface area contributed by atoms with Gasteiger partial charge in [0, 0.05) is 6.07 Å². The second-order valence-electron chi connectivity index (χ2n) is 2.08. The van der Waals surface area contributed by atoms with Crippen LogP contribution in [-0.2, 0) is 0 Å². The minimum absolute atomic E-state index is 0.289. The molecule has 0 atom stereocenters. The molecule has 0 bridgehead atoms. The van der Waals surface area contributed by atoms with E-state index in [1.54, 1.807) is 0 Å². The van der Waals surface area contributed by atoms with Crippen molar-refractivity contribution in [3.63, 3.8) is 0 Å². The lowest BCUT2D eigenvalue weighted by Gasteiger charge is -1.94. The van der Waals surface area contributed by atoms with Crippen LogP contribution in [0.25, 0.3) is 0 Å². The van der Waals surface area contributed by atoms with E-state index in [1.807, 2.05) is 27.7 Å². The van der Waals surface area contributed by atoms with Crippen molar-refractivity contribution in [3.8, 4) is 0 Å². The van der Waals surface area contributed by atoms with Gasteiger partial charge in [-0.15, -0.1) is 0 Å². The van der Waals surface area contributed by atoms with Gasteiger partial charge < -0.3 is 5.11 Å². The molecule has 0 aliphatic rings. The first-order valence-electron chi connectivity index (χ1n) is 5.09. The molecule has 0 aliphatic carbocycles. The Balaban J connectivity index is 0. The van der Waals surface area contributed by atoms with Gasteiger partial charge in [-0.25, -0.2) is 4.79 Å². The standard InChI is InChI=1S/C7H5NO4.2C2H6/c9-7(10)5-3-1-2-4-6(5)8(11)12;2*1-2/h1-4H,(H,9,10);2*1-2H3. The van der Waals surface area contributed by atoms with Crippen LogP contribution in [0.2, 0.25) is 0 Å². The molecule has 1 aromatic rings. The summed E-state index contributed by atoms with van der Waals surface area (Å²) in [4.78, 5) is 20.0. The first-order chi connectivity index (χ1) is 7.63. The molecule has 0 amide bonds. The number of carboxylic acid groups (broad SMARTS) is 1. The zero-order chi connectivity index (χ0) is 13.1. The minimum Gasteiger partial charge on any atom is -0.477 e. The molecule has 5 heteroatoms. The summed E-state index contributed by atoms with van der Waals surface area (Å²) in [5, 5.41) is 18.8. The number of benzene rings is 1. The second-order valence-corrected chi connectivity index (χ2v) is 2.08. The molecule has 1 rings (SSSR count). The third kappa shape index (κ3) is 5.09. The number of nitro groups is 1. The van der Waals surface area contributed by atoms with Gasteiger partial charge in [-0.05, 0) is 6.07 Å². The van der Waals surface area contributed by atoms with Gasteiger partial charge in [0.25, 0.3) is 5.69 Å². The highest BCUT2D eigenvalue weighted by Gasteiger charge is 2.17. The van der Waals surface area contributed by atoms with Crippen molar-refractivity contribution in [2.24, 2.45) is 0 Å². The Bertz CT molecular complexity index is 304. The van der Waals surface area contributed by atoms with Crippen molar-refractivity contribution in [1.29, 1.82) is 0 Å². The Morgan fingerprint density at radius 3 is 1.94 bits per heavy atom. The van der Waals surface area contributed by atoms with Crippen LogP contribution in [0.5, 0.6) is 0 Å². The number of nitro benzene ring substituents is 1. The third-order valence-corrected chi connectivity index (χ3v) is 1.33. The van der Waals surface area contributed by atoms with Crippen LogP contribution in [0.3, 0.4) is 0 Å². The number of para-hydroxylation sites is 1. The molecule has 90 valence electrons. The average Bonchev–Trinajstić information content (AvgIpc) is 2.34. The van der Waals surface area contributed by atoms with E-state index in [0.717, 1.165) is 6.07 Å². The monoisotopic (exact) mass is 227 g/mol.